The number of rotatable bonds is 8. The molecule has 2 rings (SSSR count). The standard InChI is InChI=1S/C18H29NO/c1-3-19(4-2)13-12-17(18-11-8-14-20-18)15-16-9-6-5-7-10-16/h5-7,9-10,17-18H,3-4,8,11-15H2,1-2H3/p+1/t17-,18-/m1/s1. The molecule has 0 saturated carbocycles. The third-order valence-corrected chi connectivity index (χ3v) is 4.70. The molecule has 0 unspecified atom stereocenters. The van der Waals surface area contributed by atoms with Crippen molar-refractivity contribution in [2.75, 3.05) is 26.2 Å². The summed E-state index contributed by atoms with van der Waals surface area (Å²) in [6, 6.07) is 10.9. The van der Waals surface area contributed by atoms with Crippen molar-refractivity contribution in [2.45, 2.75) is 45.6 Å². The molecular weight excluding hydrogens is 246 g/mol. The number of nitrogens with one attached hydrogen (secondary N) is 1. The molecule has 1 aromatic carbocycles. The van der Waals surface area contributed by atoms with Crippen molar-refractivity contribution in [3.8, 4) is 0 Å². The van der Waals surface area contributed by atoms with Gasteiger partial charge in [0.25, 0.3) is 0 Å². The first-order valence-corrected chi connectivity index (χ1v) is 8.32. The van der Waals surface area contributed by atoms with Crippen LogP contribution in [0.25, 0.3) is 0 Å². The van der Waals surface area contributed by atoms with Crippen molar-refractivity contribution < 1.29 is 9.64 Å². The SMILES string of the molecule is CC[NH+](CC)CC[C@H](Cc1ccccc1)[C@H]1CCCO1. The Labute approximate surface area is 124 Å². The molecule has 0 aliphatic carbocycles. The zero-order valence-corrected chi connectivity index (χ0v) is 13.1. The highest BCUT2D eigenvalue weighted by Crippen LogP contribution is 2.25. The number of hydrogen-bond donors (Lipinski definition) is 1. The van der Waals surface area contributed by atoms with Crippen LogP contribution in [0.15, 0.2) is 30.3 Å². The molecule has 0 aromatic heterocycles. The Hall–Kier alpha value is -0.860. The van der Waals surface area contributed by atoms with Gasteiger partial charge in [-0.3, -0.25) is 0 Å². The van der Waals surface area contributed by atoms with E-state index >= 15 is 0 Å². The highest BCUT2D eigenvalue weighted by Gasteiger charge is 2.26. The van der Waals surface area contributed by atoms with E-state index in [1.807, 2.05) is 0 Å². The lowest BCUT2D eigenvalue weighted by molar-refractivity contribution is -0.897. The lowest BCUT2D eigenvalue weighted by Gasteiger charge is -2.25. The van der Waals surface area contributed by atoms with E-state index in [2.05, 4.69) is 44.2 Å². The minimum absolute atomic E-state index is 0.491. The minimum atomic E-state index is 0.491. The van der Waals surface area contributed by atoms with Gasteiger partial charge in [0.1, 0.15) is 0 Å². The molecule has 1 N–H and O–H groups in total. The van der Waals surface area contributed by atoms with Crippen LogP contribution in [-0.2, 0) is 11.2 Å². The molecule has 2 heteroatoms. The Morgan fingerprint density at radius 1 is 1.20 bits per heavy atom. The fourth-order valence-corrected chi connectivity index (χ4v) is 3.30. The fourth-order valence-electron chi connectivity index (χ4n) is 3.30. The van der Waals surface area contributed by atoms with Crippen molar-refractivity contribution in [1.82, 2.24) is 0 Å². The third-order valence-electron chi connectivity index (χ3n) is 4.70. The van der Waals surface area contributed by atoms with Crippen LogP contribution >= 0.6 is 0 Å². The average molecular weight is 276 g/mol. The molecular formula is C18H30NO+. The first kappa shape index (κ1) is 15.5. The monoisotopic (exact) mass is 276 g/mol. The Kier molecular flexibility index (Phi) is 6.55. The highest BCUT2D eigenvalue weighted by atomic mass is 16.5. The number of benzene rings is 1. The van der Waals surface area contributed by atoms with Crippen molar-refractivity contribution >= 4 is 0 Å². The Morgan fingerprint density at radius 3 is 2.55 bits per heavy atom. The third kappa shape index (κ3) is 4.60. The van der Waals surface area contributed by atoms with Crippen molar-refractivity contribution in [3.05, 3.63) is 35.9 Å². The zero-order valence-electron chi connectivity index (χ0n) is 13.1. The normalized spacial score (nSPS) is 20.4. The summed E-state index contributed by atoms with van der Waals surface area (Å²) < 4.78 is 5.98. The lowest BCUT2D eigenvalue weighted by Crippen LogP contribution is -3.11. The quantitative estimate of drug-likeness (QED) is 0.769. The summed E-state index contributed by atoms with van der Waals surface area (Å²) in [5.41, 5.74) is 1.46. The molecule has 1 saturated heterocycles. The predicted octanol–water partition coefficient (Wildman–Crippen LogP) is 2.34. The molecule has 1 heterocycles. The summed E-state index contributed by atoms with van der Waals surface area (Å²) in [6.45, 7) is 9.30. The highest BCUT2D eigenvalue weighted by molar-refractivity contribution is 5.15. The van der Waals surface area contributed by atoms with Crippen molar-refractivity contribution in [3.63, 3.8) is 0 Å². The smallest absolute Gasteiger partial charge is 0.0774 e. The second-order valence-corrected chi connectivity index (χ2v) is 6.00. The van der Waals surface area contributed by atoms with Crippen molar-refractivity contribution in [1.29, 1.82) is 0 Å². The molecule has 0 amide bonds. The van der Waals surface area contributed by atoms with E-state index in [1.54, 1.807) is 4.90 Å². The molecule has 1 aliphatic heterocycles. The molecule has 2 atom stereocenters. The van der Waals surface area contributed by atoms with E-state index in [1.165, 1.54) is 50.9 Å². The molecule has 0 bridgehead atoms. The van der Waals surface area contributed by atoms with Gasteiger partial charge in [0.05, 0.1) is 25.7 Å². The molecule has 20 heavy (non-hydrogen) atoms. The molecule has 0 spiro atoms. The summed E-state index contributed by atoms with van der Waals surface area (Å²) in [7, 11) is 0. The van der Waals surface area contributed by atoms with Gasteiger partial charge in [-0.15, -0.1) is 0 Å². The van der Waals surface area contributed by atoms with Crippen LogP contribution in [0.4, 0.5) is 0 Å². The van der Waals surface area contributed by atoms with E-state index < -0.39 is 0 Å². The molecule has 2 nitrogen and oxygen atoms in total. The van der Waals surface area contributed by atoms with Crippen LogP contribution in [0, 0.1) is 5.92 Å². The summed E-state index contributed by atoms with van der Waals surface area (Å²) in [4.78, 5) is 1.71. The average Bonchev–Trinajstić information content (AvgIpc) is 3.02. The van der Waals surface area contributed by atoms with Crippen LogP contribution < -0.4 is 4.90 Å². The first-order valence-electron chi connectivity index (χ1n) is 8.32. The molecule has 1 fully saturated rings. The lowest BCUT2D eigenvalue weighted by atomic mass is 9.89. The van der Waals surface area contributed by atoms with Crippen LogP contribution in [0.2, 0.25) is 0 Å². The largest absolute Gasteiger partial charge is 0.378 e. The van der Waals surface area contributed by atoms with Gasteiger partial charge in [-0.25, -0.2) is 0 Å². The van der Waals surface area contributed by atoms with Crippen LogP contribution in [0.3, 0.4) is 0 Å². The second kappa shape index (κ2) is 8.43. The maximum atomic E-state index is 5.98. The Bertz CT molecular complexity index is 355. The second-order valence-electron chi connectivity index (χ2n) is 6.00. The molecule has 1 aliphatic rings. The number of ether oxygens (including phenoxy) is 1. The number of quaternary nitrogens is 1. The zero-order chi connectivity index (χ0) is 14.2. The molecule has 1 aromatic rings. The van der Waals surface area contributed by atoms with E-state index in [4.69, 9.17) is 4.74 Å². The van der Waals surface area contributed by atoms with E-state index in [0.717, 1.165) is 6.61 Å². The molecule has 0 radical (unpaired) electrons. The minimum Gasteiger partial charge on any atom is -0.378 e. The first-order chi connectivity index (χ1) is 9.83. The maximum absolute atomic E-state index is 5.98. The molecule has 112 valence electrons. The van der Waals surface area contributed by atoms with Crippen LogP contribution in [0.5, 0.6) is 0 Å². The summed E-state index contributed by atoms with van der Waals surface area (Å²) in [5.74, 6) is 0.688. The van der Waals surface area contributed by atoms with Gasteiger partial charge in [0.2, 0.25) is 0 Å². The Morgan fingerprint density at radius 2 is 1.95 bits per heavy atom. The van der Waals surface area contributed by atoms with Gasteiger partial charge in [-0.05, 0) is 44.6 Å². The Balaban J connectivity index is 1.93. The summed E-state index contributed by atoms with van der Waals surface area (Å²) >= 11 is 0. The van der Waals surface area contributed by atoms with Gasteiger partial charge < -0.3 is 9.64 Å². The predicted molar refractivity (Wildman–Crippen MR) is 84.1 cm³/mol. The van der Waals surface area contributed by atoms with Crippen molar-refractivity contribution in [2.24, 2.45) is 5.92 Å². The van der Waals surface area contributed by atoms with Crippen LogP contribution in [-0.4, -0.2) is 32.3 Å². The number of hydrogen-bond acceptors (Lipinski definition) is 1. The van der Waals surface area contributed by atoms with Gasteiger partial charge >= 0.3 is 0 Å². The van der Waals surface area contributed by atoms with E-state index in [9.17, 15) is 0 Å². The summed E-state index contributed by atoms with van der Waals surface area (Å²) in [6.07, 6.45) is 5.45. The fraction of sp³-hybridized carbons (Fsp3) is 0.667. The van der Waals surface area contributed by atoms with Gasteiger partial charge in [0, 0.05) is 13.0 Å². The van der Waals surface area contributed by atoms with E-state index in [0.29, 0.717) is 12.0 Å². The topological polar surface area (TPSA) is 13.7 Å². The van der Waals surface area contributed by atoms with Gasteiger partial charge in [0.15, 0.2) is 0 Å². The summed E-state index contributed by atoms with van der Waals surface area (Å²) in [5, 5.41) is 0. The van der Waals surface area contributed by atoms with Crippen LogP contribution in [0.1, 0.15) is 38.7 Å². The maximum Gasteiger partial charge on any atom is 0.0774 e. The van der Waals surface area contributed by atoms with Gasteiger partial charge in [-0.1, -0.05) is 30.3 Å². The van der Waals surface area contributed by atoms with E-state index in [-0.39, 0.29) is 0 Å². The van der Waals surface area contributed by atoms with Gasteiger partial charge in [-0.2, -0.15) is 0 Å².